The van der Waals surface area contributed by atoms with Gasteiger partial charge in [0, 0.05) is 36.8 Å². The first kappa shape index (κ1) is 23.3. The van der Waals surface area contributed by atoms with Gasteiger partial charge in [0.2, 0.25) is 0 Å². The number of carbonyl (C=O) groups is 1. The highest BCUT2D eigenvalue weighted by molar-refractivity contribution is 7.92. The maximum Gasteiger partial charge on any atom is 0.264 e. The van der Waals surface area contributed by atoms with Crippen LogP contribution in [0.2, 0.25) is 0 Å². The first-order valence-corrected chi connectivity index (χ1v) is 11.7. The van der Waals surface area contributed by atoms with Crippen molar-refractivity contribution in [2.24, 2.45) is 0 Å². The van der Waals surface area contributed by atoms with Crippen LogP contribution in [0.4, 0.5) is 0 Å². The highest BCUT2D eigenvalue weighted by atomic mass is 32.2. The second kappa shape index (κ2) is 9.01. The summed E-state index contributed by atoms with van der Waals surface area (Å²) in [5.41, 5.74) is 4.34. The maximum atomic E-state index is 12.6. The Bertz CT molecular complexity index is 1300. The van der Waals surface area contributed by atoms with Crippen molar-refractivity contribution in [1.29, 1.82) is 0 Å². The number of pyridine rings is 1. The molecule has 1 unspecified atom stereocenters. The van der Waals surface area contributed by atoms with Crippen molar-refractivity contribution in [2.45, 2.75) is 31.6 Å². The van der Waals surface area contributed by atoms with Gasteiger partial charge >= 0.3 is 0 Å². The molecule has 0 saturated carbocycles. The summed E-state index contributed by atoms with van der Waals surface area (Å²) in [6.45, 7) is 3.03. The largest absolute Gasteiger partial charge is 0.315 e. The van der Waals surface area contributed by atoms with Crippen LogP contribution in [0, 0.1) is 6.92 Å². The number of amides is 1. The second-order valence-corrected chi connectivity index (χ2v) is 10.2. The Kier molecular flexibility index (Phi) is 6.56. The van der Waals surface area contributed by atoms with Gasteiger partial charge in [-0.15, -0.1) is 0 Å². The number of hydroxylamine groups is 1. The summed E-state index contributed by atoms with van der Waals surface area (Å²) in [5.74, 6) is -0.359. The van der Waals surface area contributed by atoms with Crippen LogP contribution >= 0.6 is 0 Å². The SMILES string of the molecule is Cc1nccc(-c2ccc(-c3ccn(CCC(C)(C(=O)NO)S(C)(=O)=O)c(=O)c3)cc2)n1. The van der Waals surface area contributed by atoms with Crippen LogP contribution in [0.1, 0.15) is 19.2 Å². The molecule has 32 heavy (non-hydrogen) atoms. The third-order valence-corrected chi connectivity index (χ3v) is 7.54. The Labute approximate surface area is 185 Å². The summed E-state index contributed by atoms with van der Waals surface area (Å²) in [6, 6.07) is 12.6. The summed E-state index contributed by atoms with van der Waals surface area (Å²) in [7, 11) is -3.84. The Morgan fingerprint density at radius 2 is 1.78 bits per heavy atom. The molecule has 1 atom stereocenters. The fourth-order valence-electron chi connectivity index (χ4n) is 3.24. The topological polar surface area (TPSA) is 131 Å². The number of sulfone groups is 1. The standard InChI is InChI=1S/C22H24N4O5S/c1-15-23-11-8-19(24-15)17-6-4-16(5-7-17)18-9-12-26(20(27)14-18)13-10-22(2,21(28)25-29)32(3,30)31/h4-9,11-12,14,29H,10,13H2,1-3H3,(H,25,28). The van der Waals surface area contributed by atoms with Crippen LogP contribution in [0.25, 0.3) is 22.4 Å². The van der Waals surface area contributed by atoms with Crippen molar-refractivity contribution in [1.82, 2.24) is 20.0 Å². The fraction of sp³-hybridized carbons (Fsp3) is 0.273. The number of hydrogen-bond donors (Lipinski definition) is 2. The number of aromatic nitrogens is 3. The summed E-state index contributed by atoms with van der Waals surface area (Å²) in [5, 5.41) is 8.91. The molecule has 10 heteroatoms. The lowest BCUT2D eigenvalue weighted by Crippen LogP contribution is -2.49. The highest BCUT2D eigenvalue weighted by Gasteiger charge is 2.43. The number of benzene rings is 1. The van der Waals surface area contributed by atoms with Crippen LogP contribution in [0.5, 0.6) is 0 Å². The molecular formula is C22H24N4O5S. The van der Waals surface area contributed by atoms with E-state index in [4.69, 9.17) is 5.21 Å². The Morgan fingerprint density at radius 1 is 1.12 bits per heavy atom. The van der Waals surface area contributed by atoms with E-state index in [1.807, 2.05) is 37.3 Å². The molecule has 1 aromatic carbocycles. The molecule has 0 aliphatic carbocycles. The number of aryl methyl sites for hydroxylation is 2. The maximum absolute atomic E-state index is 12.6. The zero-order valence-electron chi connectivity index (χ0n) is 17.9. The first-order chi connectivity index (χ1) is 15.0. The van der Waals surface area contributed by atoms with Crippen LogP contribution in [0.3, 0.4) is 0 Å². The second-order valence-electron chi connectivity index (χ2n) is 7.71. The summed E-state index contributed by atoms with van der Waals surface area (Å²) < 4.78 is 23.6. The molecule has 0 aliphatic rings. The normalized spacial score (nSPS) is 13.4. The zero-order chi connectivity index (χ0) is 23.5. The average molecular weight is 457 g/mol. The zero-order valence-corrected chi connectivity index (χ0v) is 18.8. The molecule has 0 aliphatic heterocycles. The minimum absolute atomic E-state index is 0.0118. The quantitative estimate of drug-likeness (QED) is 0.410. The summed E-state index contributed by atoms with van der Waals surface area (Å²) >= 11 is 0. The van der Waals surface area contributed by atoms with E-state index in [0.29, 0.717) is 11.4 Å². The predicted molar refractivity (Wildman–Crippen MR) is 120 cm³/mol. The van der Waals surface area contributed by atoms with Crippen molar-refractivity contribution in [3.63, 3.8) is 0 Å². The molecule has 2 aromatic heterocycles. The monoisotopic (exact) mass is 456 g/mol. The van der Waals surface area contributed by atoms with Crippen molar-refractivity contribution in [3.8, 4) is 22.4 Å². The van der Waals surface area contributed by atoms with Crippen LogP contribution in [-0.4, -0.2) is 45.1 Å². The molecule has 168 valence electrons. The Morgan fingerprint density at radius 3 is 2.34 bits per heavy atom. The number of rotatable bonds is 7. The third-order valence-electron chi connectivity index (χ3n) is 5.52. The lowest BCUT2D eigenvalue weighted by atomic mass is 10.0. The van der Waals surface area contributed by atoms with Crippen molar-refractivity contribution in [3.05, 3.63) is 71.0 Å². The highest BCUT2D eigenvalue weighted by Crippen LogP contribution is 2.24. The molecule has 2 heterocycles. The van der Waals surface area contributed by atoms with Gasteiger partial charge in [0.05, 0.1) is 5.69 Å². The average Bonchev–Trinajstić information content (AvgIpc) is 2.76. The van der Waals surface area contributed by atoms with E-state index in [1.165, 1.54) is 23.0 Å². The Hall–Kier alpha value is -3.37. The van der Waals surface area contributed by atoms with E-state index in [-0.39, 0.29) is 18.5 Å². The van der Waals surface area contributed by atoms with Gasteiger partial charge in [-0.2, -0.15) is 0 Å². The predicted octanol–water partition coefficient (Wildman–Crippen LogP) is 1.98. The van der Waals surface area contributed by atoms with E-state index >= 15 is 0 Å². The van der Waals surface area contributed by atoms with E-state index in [2.05, 4.69) is 9.97 Å². The summed E-state index contributed by atoms with van der Waals surface area (Å²) in [6.07, 6.45) is 3.99. The van der Waals surface area contributed by atoms with Gasteiger partial charge in [0.15, 0.2) is 14.6 Å². The minimum atomic E-state index is -3.84. The van der Waals surface area contributed by atoms with E-state index in [0.717, 1.165) is 23.1 Å². The molecule has 3 rings (SSSR count). The number of nitrogens with zero attached hydrogens (tertiary/aromatic N) is 3. The summed E-state index contributed by atoms with van der Waals surface area (Å²) in [4.78, 5) is 33.0. The van der Waals surface area contributed by atoms with Gasteiger partial charge in [-0.05, 0) is 43.5 Å². The van der Waals surface area contributed by atoms with E-state index in [9.17, 15) is 18.0 Å². The molecule has 3 aromatic rings. The van der Waals surface area contributed by atoms with Crippen molar-refractivity contribution in [2.75, 3.05) is 6.26 Å². The van der Waals surface area contributed by atoms with Gasteiger partial charge in [0.1, 0.15) is 5.82 Å². The molecule has 1 amide bonds. The van der Waals surface area contributed by atoms with Gasteiger partial charge in [-0.1, -0.05) is 24.3 Å². The smallest absolute Gasteiger partial charge is 0.264 e. The molecular weight excluding hydrogens is 432 g/mol. The minimum Gasteiger partial charge on any atom is -0.315 e. The molecule has 0 spiro atoms. The first-order valence-electron chi connectivity index (χ1n) is 9.80. The van der Waals surface area contributed by atoms with E-state index in [1.54, 1.807) is 18.5 Å². The number of carbonyl (C=O) groups excluding carboxylic acids is 1. The van der Waals surface area contributed by atoms with Crippen molar-refractivity contribution < 1.29 is 18.4 Å². The molecule has 0 radical (unpaired) electrons. The molecule has 0 fully saturated rings. The van der Waals surface area contributed by atoms with Crippen molar-refractivity contribution >= 4 is 15.7 Å². The fourth-order valence-corrected chi connectivity index (χ4v) is 4.09. The number of hydrogen-bond acceptors (Lipinski definition) is 7. The van der Waals surface area contributed by atoms with Crippen LogP contribution in [-0.2, 0) is 21.2 Å². The van der Waals surface area contributed by atoms with E-state index < -0.39 is 20.5 Å². The van der Waals surface area contributed by atoms with Gasteiger partial charge in [-0.25, -0.2) is 23.9 Å². The molecule has 0 saturated heterocycles. The van der Waals surface area contributed by atoms with Crippen LogP contribution < -0.4 is 11.0 Å². The lowest BCUT2D eigenvalue weighted by molar-refractivity contribution is -0.131. The van der Waals surface area contributed by atoms with Gasteiger partial charge in [0.25, 0.3) is 11.5 Å². The van der Waals surface area contributed by atoms with Crippen LogP contribution in [0.15, 0.2) is 59.7 Å². The van der Waals surface area contributed by atoms with Gasteiger partial charge in [-0.3, -0.25) is 14.8 Å². The number of nitrogens with one attached hydrogen (secondary N) is 1. The molecule has 0 bridgehead atoms. The van der Waals surface area contributed by atoms with Gasteiger partial charge < -0.3 is 4.57 Å². The Balaban J connectivity index is 1.81. The molecule has 9 nitrogen and oxygen atoms in total. The lowest BCUT2D eigenvalue weighted by Gasteiger charge is -2.25. The molecule has 2 N–H and O–H groups in total. The third kappa shape index (κ3) is 4.76.